The lowest BCUT2D eigenvalue weighted by Gasteiger charge is -2.38. The first-order chi connectivity index (χ1) is 18.3. The summed E-state index contributed by atoms with van der Waals surface area (Å²) in [6.07, 6.45) is 2.31. The van der Waals surface area contributed by atoms with Gasteiger partial charge in [0.2, 0.25) is 0 Å². The van der Waals surface area contributed by atoms with Gasteiger partial charge in [0.05, 0.1) is 31.3 Å². The standard InChI is InChI=1S/C31H36ClNO5/c1-6-14-37-26-13-10-21(17-27(26)36-5)29-28(31(35)38-18(3)7-2)19(4)33-24-15-22(16-25(34)30(24)29)20-8-11-23(32)12-9-20/h8-13,17-18,22,29-30H,6-7,14-16H2,1-5H3/t18-,22+,29-,30?/m0/s1. The first-order valence-corrected chi connectivity index (χ1v) is 13.7. The van der Waals surface area contributed by atoms with Crippen LogP contribution in [0.15, 0.2) is 58.7 Å². The van der Waals surface area contributed by atoms with E-state index in [9.17, 15) is 9.59 Å². The van der Waals surface area contributed by atoms with E-state index >= 15 is 0 Å². The minimum absolute atomic E-state index is 0.0104. The van der Waals surface area contributed by atoms with Gasteiger partial charge in [-0.1, -0.05) is 43.6 Å². The Morgan fingerprint density at radius 2 is 1.76 bits per heavy atom. The highest BCUT2D eigenvalue weighted by Gasteiger charge is 2.46. The third-order valence-corrected chi connectivity index (χ3v) is 7.66. The summed E-state index contributed by atoms with van der Waals surface area (Å²) < 4.78 is 17.3. The average Bonchev–Trinajstić information content (AvgIpc) is 2.91. The molecule has 0 bridgehead atoms. The third kappa shape index (κ3) is 5.80. The van der Waals surface area contributed by atoms with Crippen molar-refractivity contribution in [3.63, 3.8) is 0 Å². The van der Waals surface area contributed by atoms with E-state index in [1.54, 1.807) is 7.11 Å². The summed E-state index contributed by atoms with van der Waals surface area (Å²) in [5.41, 5.74) is 3.68. The van der Waals surface area contributed by atoms with Gasteiger partial charge in [-0.15, -0.1) is 0 Å². The summed E-state index contributed by atoms with van der Waals surface area (Å²) in [6.45, 7) is 8.27. The number of Topliss-reactive ketones (excluding diaryl/α,β-unsaturated/α-hetero) is 1. The maximum Gasteiger partial charge on any atom is 0.336 e. The second kappa shape index (κ2) is 12.2. The van der Waals surface area contributed by atoms with Gasteiger partial charge in [0.15, 0.2) is 11.5 Å². The molecule has 1 heterocycles. The summed E-state index contributed by atoms with van der Waals surface area (Å²) in [5, 5.41) is 0.660. The van der Waals surface area contributed by atoms with Gasteiger partial charge in [0, 0.05) is 28.8 Å². The normalized spacial score (nSPS) is 21.9. The zero-order valence-electron chi connectivity index (χ0n) is 22.8. The Morgan fingerprint density at radius 3 is 2.42 bits per heavy atom. The van der Waals surface area contributed by atoms with Crippen LogP contribution in [0.2, 0.25) is 5.02 Å². The molecule has 1 saturated carbocycles. The SMILES string of the molecule is CCCOc1ccc([C@H]2C(C(=O)O[C@@H](C)CC)=C(C)N=C3C[C@@H](c4ccc(Cl)cc4)CC(=O)C32)cc1OC. The molecule has 1 aliphatic carbocycles. The second-order valence-corrected chi connectivity index (χ2v) is 10.5. The Kier molecular flexibility index (Phi) is 8.93. The van der Waals surface area contributed by atoms with Crippen molar-refractivity contribution < 1.29 is 23.8 Å². The van der Waals surface area contributed by atoms with Crippen LogP contribution in [-0.4, -0.2) is 37.3 Å². The molecule has 0 N–H and O–H groups in total. The number of hydrogen-bond acceptors (Lipinski definition) is 6. The highest BCUT2D eigenvalue weighted by Crippen LogP contribution is 2.47. The number of rotatable bonds is 9. The molecule has 2 aromatic rings. The fraction of sp³-hybridized carbons (Fsp3) is 0.452. The van der Waals surface area contributed by atoms with E-state index in [4.69, 9.17) is 30.8 Å². The number of ether oxygens (including phenoxy) is 3. The molecule has 0 aromatic heterocycles. The zero-order chi connectivity index (χ0) is 27.4. The van der Waals surface area contributed by atoms with Crippen LogP contribution in [0.1, 0.15) is 76.3 Å². The Hall–Kier alpha value is -3.12. The fourth-order valence-electron chi connectivity index (χ4n) is 5.31. The summed E-state index contributed by atoms with van der Waals surface area (Å²) in [6, 6.07) is 13.3. The highest BCUT2D eigenvalue weighted by atomic mass is 35.5. The first kappa shape index (κ1) is 27.9. The van der Waals surface area contributed by atoms with E-state index in [-0.39, 0.29) is 17.8 Å². The molecule has 0 saturated heterocycles. The number of nitrogens with zero attached hydrogens (tertiary/aromatic N) is 1. The van der Waals surface area contributed by atoms with Crippen molar-refractivity contribution in [1.29, 1.82) is 0 Å². The highest BCUT2D eigenvalue weighted by molar-refractivity contribution is 6.30. The molecule has 4 rings (SSSR count). The number of benzene rings is 2. The van der Waals surface area contributed by atoms with E-state index in [1.165, 1.54) is 0 Å². The lowest BCUT2D eigenvalue weighted by molar-refractivity contribution is -0.144. The van der Waals surface area contributed by atoms with Crippen molar-refractivity contribution in [3.8, 4) is 11.5 Å². The van der Waals surface area contributed by atoms with Gasteiger partial charge in [-0.3, -0.25) is 9.79 Å². The maximum absolute atomic E-state index is 13.8. The van der Waals surface area contributed by atoms with Crippen LogP contribution >= 0.6 is 11.6 Å². The molecule has 0 spiro atoms. The third-order valence-electron chi connectivity index (χ3n) is 7.41. The number of methoxy groups -OCH3 is 1. The van der Waals surface area contributed by atoms with Gasteiger partial charge in [-0.05, 0) is 74.4 Å². The van der Waals surface area contributed by atoms with Gasteiger partial charge < -0.3 is 14.2 Å². The quantitative estimate of drug-likeness (QED) is 0.320. The van der Waals surface area contributed by atoms with E-state index in [1.807, 2.05) is 70.2 Å². The lowest BCUT2D eigenvalue weighted by atomic mass is 9.66. The molecule has 0 amide bonds. The number of allylic oxidation sites excluding steroid dienone is 1. The van der Waals surface area contributed by atoms with Crippen LogP contribution in [0.25, 0.3) is 0 Å². The van der Waals surface area contributed by atoms with Crippen LogP contribution in [0.4, 0.5) is 0 Å². The average molecular weight is 538 g/mol. The molecule has 202 valence electrons. The van der Waals surface area contributed by atoms with Gasteiger partial charge in [0.25, 0.3) is 0 Å². The van der Waals surface area contributed by atoms with Gasteiger partial charge in [0.1, 0.15) is 5.78 Å². The molecule has 1 fully saturated rings. The predicted octanol–water partition coefficient (Wildman–Crippen LogP) is 7.05. The van der Waals surface area contributed by atoms with E-state index < -0.39 is 17.8 Å². The molecule has 1 unspecified atom stereocenters. The van der Waals surface area contributed by atoms with Crippen molar-refractivity contribution in [2.75, 3.05) is 13.7 Å². The second-order valence-electron chi connectivity index (χ2n) is 10.1. The van der Waals surface area contributed by atoms with E-state index in [0.717, 1.165) is 23.3 Å². The number of halogens is 1. The van der Waals surface area contributed by atoms with Crippen molar-refractivity contribution in [3.05, 3.63) is 69.9 Å². The number of aliphatic imine (C=N–C) groups is 1. The number of carbonyl (C=O) groups excluding carboxylic acids is 2. The predicted molar refractivity (Wildman–Crippen MR) is 149 cm³/mol. The molecular formula is C31H36ClNO5. The van der Waals surface area contributed by atoms with Crippen LogP contribution < -0.4 is 9.47 Å². The molecule has 7 heteroatoms. The molecule has 1 aliphatic heterocycles. The molecule has 4 atom stereocenters. The summed E-state index contributed by atoms with van der Waals surface area (Å²) in [5.74, 6) is -0.231. The van der Waals surface area contributed by atoms with Gasteiger partial charge >= 0.3 is 5.97 Å². The zero-order valence-corrected chi connectivity index (χ0v) is 23.5. The van der Waals surface area contributed by atoms with Crippen molar-refractivity contribution in [2.24, 2.45) is 10.9 Å². The maximum atomic E-state index is 13.8. The Balaban J connectivity index is 1.78. The minimum Gasteiger partial charge on any atom is -0.493 e. The molecular weight excluding hydrogens is 502 g/mol. The Labute approximate surface area is 230 Å². The number of esters is 1. The number of carbonyl (C=O) groups is 2. The van der Waals surface area contributed by atoms with Gasteiger partial charge in [-0.2, -0.15) is 0 Å². The molecule has 2 aromatic carbocycles. The summed E-state index contributed by atoms with van der Waals surface area (Å²) >= 11 is 6.09. The smallest absolute Gasteiger partial charge is 0.336 e. The number of ketones is 1. The molecule has 0 radical (unpaired) electrons. The largest absolute Gasteiger partial charge is 0.493 e. The molecule has 2 aliphatic rings. The van der Waals surface area contributed by atoms with Crippen LogP contribution in [-0.2, 0) is 14.3 Å². The van der Waals surface area contributed by atoms with Crippen molar-refractivity contribution >= 4 is 29.1 Å². The molecule has 6 nitrogen and oxygen atoms in total. The Morgan fingerprint density at radius 1 is 1.05 bits per heavy atom. The lowest BCUT2D eigenvalue weighted by Crippen LogP contribution is -2.41. The topological polar surface area (TPSA) is 74.2 Å². The van der Waals surface area contributed by atoms with Crippen molar-refractivity contribution in [2.45, 2.75) is 71.3 Å². The first-order valence-electron chi connectivity index (χ1n) is 13.3. The van der Waals surface area contributed by atoms with Gasteiger partial charge in [-0.25, -0.2) is 4.79 Å². The number of hydrogen-bond donors (Lipinski definition) is 0. The van der Waals surface area contributed by atoms with Crippen LogP contribution in [0.5, 0.6) is 11.5 Å². The minimum atomic E-state index is -0.547. The van der Waals surface area contributed by atoms with E-state index in [0.29, 0.717) is 53.7 Å². The van der Waals surface area contributed by atoms with Crippen LogP contribution in [0, 0.1) is 5.92 Å². The Bertz CT molecular complexity index is 1250. The summed E-state index contributed by atoms with van der Waals surface area (Å²) in [4.78, 5) is 32.2. The van der Waals surface area contributed by atoms with Crippen molar-refractivity contribution in [1.82, 2.24) is 0 Å². The fourth-order valence-corrected chi connectivity index (χ4v) is 5.44. The van der Waals surface area contributed by atoms with E-state index in [2.05, 4.69) is 0 Å². The van der Waals surface area contributed by atoms with Crippen LogP contribution in [0.3, 0.4) is 0 Å². The summed E-state index contributed by atoms with van der Waals surface area (Å²) in [7, 11) is 1.59. The monoisotopic (exact) mass is 537 g/mol. The molecule has 38 heavy (non-hydrogen) atoms. The number of fused-ring (bicyclic) bond motifs is 1.